The lowest BCUT2D eigenvalue weighted by Crippen LogP contribution is -2.59. The zero-order valence-electron chi connectivity index (χ0n) is 8.52. The van der Waals surface area contributed by atoms with Crippen LogP contribution in [0.2, 0.25) is 0 Å². The maximum absolute atomic E-state index is 11.8. The van der Waals surface area contributed by atoms with Gasteiger partial charge in [-0.05, 0) is 0 Å². The number of carbonyl (C=O) groups excluding carboxylic acids is 2. The van der Waals surface area contributed by atoms with Gasteiger partial charge in [0.25, 0.3) is 0 Å². The Labute approximate surface area is 87.9 Å². The summed E-state index contributed by atoms with van der Waals surface area (Å²) in [6.45, 7) is 3.39. The number of morpholine rings is 1. The van der Waals surface area contributed by atoms with Crippen molar-refractivity contribution in [2.45, 2.75) is 0 Å². The van der Waals surface area contributed by atoms with E-state index in [1.54, 1.807) is 9.80 Å². The fraction of sp³-hybridized carbons (Fsp3) is 0.778. The topological polar surface area (TPSA) is 75.9 Å². The van der Waals surface area contributed by atoms with Crippen molar-refractivity contribution < 1.29 is 14.3 Å². The summed E-state index contributed by atoms with van der Waals surface area (Å²) in [5.74, 6) is -0.476. The zero-order chi connectivity index (χ0) is 10.8. The van der Waals surface area contributed by atoms with E-state index in [4.69, 9.17) is 10.5 Å². The molecule has 15 heavy (non-hydrogen) atoms. The van der Waals surface area contributed by atoms with Gasteiger partial charge in [0.1, 0.15) is 0 Å². The minimum Gasteiger partial charge on any atom is -0.378 e. The van der Waals surface area contributed by atoms with Crippen LogP contribution in [0.15, 0.2) is 0 Å². The molecule has 2 saturated heterocycles. The molecule has 0 aliphatic carbocycles. The Balaban J connectivity index is 1.80. The van der Waals surface area contributed by atoms with E-state index in [1.807, 2.05) is 0 Å². The summed E-state index contributed by atoms with van der Waals surface area (Å²) >= 11 is 0. The predicted octanol–water partition coefficient (Wildman–Crippen LogP) is -1.14. The molecule has 2 aliphatic rings. The molecule has 2 aliphatic heterocycles. The Morgan fingerprint density at radius 2 is 1.73 bits per heavy atom. The Morgan fingerprint density at radius 3 is 2.27 bits per heavy atom. The van der Waals surface area contributed by atoms with E-state index in [0.717, 1.165) is 0 Å². The third-order valence-electron chi connectivity index (χ3n) is 2.84. The van der Waals surface area contributed by atoms with Crippen LogP contribution >= 0.6 is 0 Å². The number of likely N-dealkylation sites (tertiary alicyclic amines) is 1. The van der Waals surface area contributed by atoms with Crippen LogP contribution < -0.4 is 5.73 Å². The number of primary amides is 1. The number of rotatable bonds is 1. The fourth-order valence-electron chi connectivity index (χ4n) is 1.77. The van der Waals surface area contributed by atoms with Gasteiger partial charge in [0.15, 0.2) is 0 Å². The van der Waals surface area contributed by atoms with Gasteiger partial charge in [-0.25, -0.2) is 4.79 Å². The standard InChI is InChI=1S/C9H15N3O3/c10-8(13)7-5-12(6-7)9(14)11-1-3-15-4-2-11/h7H,1-6H2,(H2,10,13). The van der Waals surface area contributed by atoms with Crippen molar-refractivity contribution in [3.8, 4) is 0 Å². The molecule has 0 spiro atoms. The van der Waals surface area contributed by atoms with Crippen molar-refractivity contribution in [2.24, 2.45) is 11.7 Å². The van der Waals surface area contributed by atoms with E-state index in [2.05, 4.69) is 0 Å². The Bertz CT molecular complexity index is 270. The van der Waals surface area contributed by atoms with Gasteiger partial charge in [-0.3, -0.25) is 4.79 Å². The molecule has 0 radical (unpaired) electrons. The van der Waals surface area contributed by atoms with Crippen LogP contribution in [-0.2, 0) is 9.53 Å². The SMILES string of the molecule is NC(=O)C1CN(C(=O)N2CCOCC2)C1. The molecule has 2 heterocycles. The van der Waals surface area contributed by atoms with E-state index in [1.165, 1.54) is 0 Å². The van der Waals surface area contributed by atoms with Gasteiger partial charge in [0.05, 0.1) is 19.1 Å². The summed E-state index contributed by atoms with van der Waals surface area (Å²) in [4.78, 5) is 26.0. The molecule has 0 atom stereocenters. The van der Waals surface area contributed by atoms with Gasteiger partial charge < -0.3 is 20.3 Å². The Hall–Kier alpha value is -1.30. The molecular weight excluding hydrogens is 198 g/mol. The van der Waals surface area contributed by atoms with Gasteiger partial charge in [-0.2, -0.15) is 0 Å². The maximum Gasteiger partial charge on any atom is 0.320 e. The van der Waals surface area contributed by atoms with Crippen molar-refractivity contribution in [1.29, 1.82) is 0 Å². The van der Waals surface area contributed by atoms with Crippen LogP contribution in [0.3, 0.4) is 0 Å². The first-order valence-corrected chi connectivity index (χ1v) is 5.09. The highest BCUT2D eigenvalue weighted by atomic mass is 16.5. The molecule has 0 unspecified atom stereocenters. The van der Waals surface area contributed by atoms with Gasteiger partial charge in [0.2, 0.25) is 5.91 Å². The van der Waals surface area contributed by atoms with Gasteiger partial charge in [0, 0.05) is 26.2 Å². The molecule has 0 saturated carbocycles. The van der Waals surface area contributed by atoms with Gasteiger partial charge in [-0.1, -0.05) is 0 Å². The van der Waals surface area contributed by atoms with Crippen LogP contribution in [0, 0.1) is 5.92 Å². The number of amides is 3. The van der Waals surface area contributed by atoms with Crippen LogP contribution in [0.4, 0.5) is 4.79 Å². The number of nitrogens with two attached hydrogens (primary N) is 1. The summed E-state index contributed by atoms with van der Waals surface area (Å²) in [6.07, 6.45) is 0. The predicted molar refractivity (Wildman–Crippen MR) is 52.0 cm³/mol. The first-order valence-electron chi connectivity index (χ1n) is 5.09. The summed E-state index contributed by atoms with van der Waals surface area (Å²) in [5.41, 5.74) is 5.13. The minimum atomic E-state index is -0.318. The second-order valence-electron chi connectivity index (χ2n) is 3.89. The highest BCUT2D eigenvalue weighted by Crippen LogP contribution is 2.17. The molecule has 2 fully saturated rings. The smallest absolute Gasteiger partial charge is 0.320 e. The zero-order valence-corrected chi connectivity index (χ0v) is 8.52. The van der Waals surface area contributed by atoms with Crippen molar-refractivity contribution >= 4 is 11.9 Å². The summed E-state index contributed by atoms with van der Waals surface area (Å²) in [7, 11) is 0. The number of ether oxygens (including phenoxy) is 1. The molecular formula is C9H15N3O3. The third-order valence-corrected chi connectivity index (χ3v) is 2.84. The molecule has 2 N–H and O–H groups in total. The third kappa shape index (κ3) is 2.04. The Morgan fingerprint density at radius 1 is 1.13 bits per heavy atom. The molecule has 84 valence electrons. The van der Waals surface area contributed by atoms with Crippen molar-refractivity contribution in [2.75, 3.05) is 39.4 Å². The molecule has 0 aromatic heterocycles. The monoisotopic (exact) mass is 213 g/mol. The highest BCUT2D eigenvalue weighted by molar-refractivity contribution is 5.82. The number of urea groups is 1. The molecule has 3 amide bonds. The van der Waals surface area contributed by atoms with E-state index < -0.39 is 0 Å². The molecule has 0 aromatic rings. The van der Waals surface area contributed by atoms with Crippen LogP contribution in [0.25, 0.3) is 0 Å². The van der Waals surface area contributed by atoms with E-state index >= 15 is 0 Å². The van der Waals surface area contributed by atoms with E-state index in [9.17, 15) is 9.59 Å². The average Bonchev–Trinajstić information content (AvgIpc) is 2.16. The molecule has 6 nitrogen and oxygen atoms in total. The maximum atomic E-state index is 11.8. The van der Waals surface area contributed by atoms with Crippen LogP contribution in [-0.4, -0.2) is 61.1 Å². The highest BCUT2D eigenvalue weighted by Gasteiger charge is 2.36. The van der Waals surface area contributed by atoms with Crippen LogP contribution in [0.5, 0.6) is 0 Å². The largest absolute Gasteiger partial charge is 0.378 e. The summed E-state index contributed by atoms with van der Waals surface area (Å²) < 4.78 is 5.15. The lowest BCUT2D eigenvalue weighted by atomic mass is 10.0. The molecule has 2 rings (SSSR count). The fourth-order valence-corrected chi connectivity index (χ4v) is 1.77. The van der Waals surface area contributed by atoms with Gasteiger partial charge >= 0.3 is 6.03 Å². The number of hydrogen-bond acceptors (Lipinski definition) is 3. The molecule has 0 bridgehead atoms. The normalized spacial score (nSPS) is 22.4. The van der Waals surface area contributed by atoms with Crippen molar-refractivity contribution in [1.82, 2.24) is 9.80 Å². The second-order valence-corrected chi connectivity index (χ2v) is 3.89. The second kappa shape index (κ2) is 4.06. The van der Waals surface area contributed by atoms with E-state index in [-0.39, 0.29) is 17.9 Å². The van der Waals surface area contributed by atoms with Crippen molar-refractivity contribution in [3.63, 3.8) is 0 Å². The van der Waals surface area contributed by atoms with E-state index in [0.29, 0.717) is 39.4 Å². The quantitative estimate of drug-likeness (QED) is 0.598. The molecule has 0 aromatic carbocycles. The lowest BCUT2D eigenvalue weighted by molar-refractivity contribution is -0.125. The number of nitrogens with zero attached hydrogens (tertiary/aromatic N) is 2. The first kappa shape index (κ1) is 10.2. The average molecular weight is 213 g/mol. The number of carbonyl (C=O) groups is 2. The lowest BCUT2D eigenvalue weighted by Gasteiger charge is -2.41. The van der Waals surface area contributed by atoms with Crippen LogP contribution in [0.1, 0.15) is 0 Å². The summed E-state index contributed by atoms with van der Waals surface area (Å²) in [5, 5.41) is 0. The first-order chi connectivity index (χ1) is 7.18. The number of hydrogen-bond donors (Lipinski definition) is 1. The molecule has 6 heteroatoms. The van der Waals surface area contributed by atoms with Gasteiger partial charge in [-0.15, -0.1) is 0 Å². The Kier molecular flexibility index (Phi) is 2.77. The minimum absolute atomic E-state index is 0.00389. The summed E-state index contributed by atoms with van der Waals surface area (Å²) in [6, 6.07) is -0.00389. The van der Waals surface area contributed by atoms with Crippen molar-refractivity contribution in [3.05, 3.63) is 0 Å².